The first-order chi connectivity index (χ1) is 8.83. The highest BCUT2D eigenvalue weighted by molar-refractivity contribution is 7.16. The normalized spacial score (nSPS) is 27.2. The number of hydrogen-bond donors (Lipinski definition) is 1. The predicted molar refractivity (Wildman–Crippen MR) is 79.5 cm³/mol. The molecule has 98 valence electrons. The van der Waals surface area contributed by atoms with Gasteiger partial charge in [0.25, 0.3) is 0 Å². The van der Waals surface area contributed by atoms with Gasteiger partial charge in [-0.2, -0.15) is 0 Å². The summed E-state index contributed by atoms with van der Waals surface area (Å²) in [4.78, 5) is 1.51. The molecule has 2 atom stereocenters. The van der Waals surface area contributed by atoms with Crippen LogP contribution in [0.1, 0.15) is 48.6 Å². The minimum Gasteiger partial charge on any atom is -0.310 e. The van der Waals surface area contributed by atoms with E-state index in [0.29, 0.717) is 6.04 Å². The molecule has 18 heavy (non-hydrogen) atoms. The third-order valence-electron chi connectivity index (χ3n) is 4.11. The first-order valence-electron chi connectivity index (χ1n) is 6.99. The summed E-state index contributed by atoms with van der Waals surface area (Å²) in [6.45, 7) is 1.15. The van der Waals surface area contributed by atoms with Crippen LogP contribution in [0, 0.1) is 5.92 Å². The van der Waals surface area contributed by atoms with E-state index in [-0.39, 0.29) is 0 Å². The Morgan fingerprint density at radius 2 is 2.28 bits per heavy atom. The summed E-state index contributed by atoms with van der Waals surface area (Å²) in [5.41, 5.74) is 1.47. The van der Waals surface area contributed by atoms with Crippen molar-refractivity contribution in [2.75, 3.05) is 6.54 Å². The van der Waals surface area contributed by atoms with Gasteiger partial charge in [0, 0.05) is 10.9 Å². The van der Waals surface area contributed by atoms with Crippen LogP contribution in [0.15, 0.2) is 18.2 Å². The molecule has 2 unspecified atom stereocenters. The summed E-state index contributed by atoms with van der Waals surface area (Å²) in [6.07, 6.45) is 12.3. The van der Waals surface area contributed by atoms with Gasteiger partial charge in [0.15, 0.2) is 0 Å². The summed E-state index contributed by atoms with van der Waals surface area (Å²) in [6, 6.07) is 2.72. The molecule has 0 bridgehead atoms. The molecular weight excluding hydrogens is 262 g/mol. The molecule has 1 N–H and O–H groups in total. The summed E-state index contributed by atoms with van der Waals surface area (Å²) < 4.78 is 0.953. The van der Waals surface area contributed by atoms with Crippen molar-refractivity contribution in [2.45, 2.75) is 44.6 Å². The molecular formula is C15H20ClNS. The van der Waals surface area contributed by atoms with Crippen molar-refractivity contribution in [3.63, 3.8) is 0 Å². The van der Waals surface area contributed by atoms with Crippen molar-refractivity contribution >= 4 is 22.9 Å². The molecule has 0 aromatic carbocycles. The van der Waals surface area contributed by atoms with Gasteiger partial charge in [-0.05, 0) is 62.6 Å². The van der Waals surface area contributed by atoms with Crippen LogP contribution >= 0.6 is 22.9 Å². The summed E-state index contributed by atoms with van der Waals surface area (Å²) in [7, 11) is 0. The molecule has 0 amide bonds. The van der Waals surface area contributed by atoms with Crippen molar-refractivity contribution in [1.82, 2.24) is 5.32 Å². The number of halogens is 1. The number of hydrogen-bond acceptors (Lipinski definition) is 2. The highest BCUT2D eigenvalue weighted by atomic mass is 35.5. The van der Waals surface area contributed by atoms with Crippen LogP contribution in [0.2, 0.25) is 4.34 Å². The van der Waals surface area contributed by atoms with E-state index in [1.54, 1.807) is 11.3 Å². The Kier molecular flexibility index (Phi) is 4.07. The fourth-order valence-corrected chi connectivity index (χ4v) is 4.47. The van der Waals surface area contributed by atoms with E-state index < -0.39 is 0 Å². The lowest BCUT2D eigenvalue weighted by Gasteiger charge is -2.26. The largest absolute Gasteiger partial charge is 0.310 e. The first kappa shape index (κ1) is 12.7. The Labute approximate surface area is 118 Å². The van der Waals surface area contributed by atoms with E-state index >= 15 is 0 Å². The predicted octanol–water partition coefficient (Wildman–Crippen LogP) is 4.72. The van der Waals surface area contributed by atoms with E-state index in [1.165, 1.54) is 49.0 Å². The van der Waals surface area contributed by atoms with Gasteiger partial charge >= 0.3 is 0 Å². The molecule has 0 radical (unpaired) electrons. The molecule has 3 rings (SSSR count). The van der Waals surface area contributed by atoms with Gasteiger partial charge in [-0.25, -0.2) is 0 Å². The van der Waals surface area contributed by atoms with E-state index in [0.717, 1.165) is 16.8 Å². The maximum Gasteiger partial charge on any atom is 0.0934 e. The van der Waals surface area contributed by atoms with Crippen LogP contribution in [0.4, 0.5) is 0 Å². The van der Waals surface area contributed by atoms with Gasteiger partial charge in [0.1, 0.15) is 0 Å². The van der Waals surface area contributed by atoms with Gasteiger partial charge in [-0.1, -0.05) is 23.8 Å². The average molecular weight is 282 g/mol. The molecule has 2 aliphatic carbocycles. The topological polar surface area (TPSA) is 12.0 Å². The van der Waals surface area contributed by atoms with Crippen molar-refractivity contribution in [3.8, 4) is 0 Å². The second-order valence-corrected chi connectivity index (χ2v) is 7.20. The lowest BCUT2D eigenvalue weighted by atomic mass is 9.91. The SMILES string of the molecule is Clc1cc2c(s1)CCCC2NCC1CC=CCC1. The maximum absolute atomic E-state index is 6.15. The van der Waals surface area contributed by atoms with Crippen molar-refractivity contribution in [1.29, 1.82) is 0 Å². The molecule has 0 spiro atoms. The zero-order valence-electron chi connectivity index (χ0n) is 10.6. The second-order valence-electron chi connectivity index (χ2n) is 5.43. The van der Waals surface area contributed by atoms with Gasteiger partial charge < -0.3 is 5.32 Å². The molecule has 0 aliphatic heterocycles. The Hall–Kier alpha value is -0.310. The number of rotatable bonds is 3. The molecule has 1 heterocycles. The van der Waals surface area contributed by atoms with Crippen LogP contribution in [0.3, 0.4) is 0 Å². The number of aryl methyl sites for hydroxylation is 1. The Morgan fingerprint density at radius 1 is 1.33 bits per heavy atom. The first-order valence-corrected chi connectivity index (χ1v) is 8.19. The zero-order chi connectivity index (χ0) is 12.4. The van der Waals surface area contributed by atoms with Crippen LogP contribution in [-0.4, -0.2) is 6.54 Å². The summed E-state index contributed by atoms with van der Waals surface area (Å²) in [5.74, 6) is 0.828. The lowest BCUT2D eigenvalue weighted by molar-refractivity contribution is 0.383. The van der Waals surface area contributed by atoms with Crippen LogP contribution in [0.5, 0.6) is 0 Å². The minimum atomic E-state index is 0.545. The van der Waals surface area contributed by atoms with Crippen LogP contribution < -0.4 is 5.32 Å². The third kappa shape index (κ3) is 2.81. The zero-order valence-corrected chi connectivity index (χ0v) is 12.2. The number of allylic oxidation sites excluding steroid dienone is 2. The van der Waals surface area contributed by atoms with E-state index in [2.05, 4.69) is 23.5 Å². The molecule has 1 nitrogen and oxygen atoms in total. The van der Waals surface area contributed by atoms with Gasteiger partial charge in [-0.3, -0.25) is 0 Å². The van der Waals surface area contributed by atoms with Crippen LogP contribution in [-0.2, 0) is 6.42 Å². The molecule has 0 saturated heterocycles. The third-order valence-corrected chi connectivity index (χ3v) is 5.45. The highest BCUT2D eigenvalue weighted by Gasteiger charge is 2.23. The Bertz CT molecular complexity index is 438. The van der Waals surface area contributed by atoms with E-state index in [9.17, 15) is 0 Å². The quantitative estimate of drug-likeness (QED) is 0.790. The monoisotopic (exact) mass is 281 g/mol. The van der Waals surface area contributed by atoms with Crippen molar-refractivity contribution in [3.05, 3.63) is 33.0 Å². The van der Waals surface area contributed by atoms with Gasteiger partial charge in [0.2, 0.25) is 0 Å². The van der Waals surface area contributed by atoms with Crippen molar-refractivity contribution < 1.29 is 0 Å². The van der Waals surface area contributed by atoms with Crippen LogP contribution in [0.25, 0.3) is 0 Å². The molecule has 0 saturated carbocycles. The number of fused-ring (bicyclic) bond motifs is 1. The second kappa shape index (κ2) is 5.77. The van der Waals surface area contributed by atoms with Crippen molar-refractivity contribution in [2.24, 2.45) is 5.92 Å². The Morgan fingerprint density at radius 3 is 3.11 bits per heavy atom. The molecule has 3 heteroatoms. The number of thiophene rings is 1. The Balaban J connectivity index is 1.61. The molecule has 1 aromatic rings. The summed E-state index contributed by atoms with van der Waals surface area (Å²) in [5, 5.41) is 3.77. The molecule has 0 fully saturated rings. The minimum absolute atomic E-state index is 0.545. The molecule has 1 aromatic heterocycles. The smallest absolute Gasteiger partial charge is 0.0934 e. The fourth-order valence-electron chi connectivity index (χ4n) is 3.08. The van der Waals surface area contributed by atoms with E-state index in [4.69, 9.17) is 11.6 Å². The maximum atomic E-state index is 6.15. The molecule has 2 aliphatic rings. The fraction of sp³-hybridized carbons (Fsp3) is 0.600. The highest BCUT2D eigenvalue weighted by Crippen LogP contribution is 2.38. The number of nitrogens with one attached hydrogen (secondary N) is 1. The van der Waals surface area contributed by atoms with Gasteiger partial charge in [-0.15, -0.1) is 11.3 Å². The average Bonchev–Trinajstić information content (AvgIpc) is 2.78. The summed E-state index contributed by atoms with van der Waals surface area (Å²) >= 11 is 7.92. The van der Waals surface area contributed by atoms with E-state index in [1.807, 2.05) is 0 Å². The van der Waals surface area contributed by atoms with Gasteiger partial charge in [0.05, 0.1) is 4.34 Å². The standard InChI is InChI=1S/C15H20ClNS/c16-15-9-12-13(7-4-8-14(12)18-15)17-10-11-5-2-1-3-6-11/h1-2,9,11,13,17H,3-8,10H2. The lowest BCUT2D eigenvalue weighted by Crippen LogP contribution is -2.29.